The Hall–Kier alpha value is -1.12. The van der Waals surface area contributed by atoms with Gasteiger partial charge in [-0.05, 0) is 26.0 Å². The Bertz CT molecular complexity index is 166. The zero-order chi connectivity index (χ0) is 8.85. The fraction of sp³-hybridized carbons (Fsp3) is 0.500. The van der Waals surface area contributed by atoms with Crippen LogP contribution in [0.1, 0.15) is 13.8 Å². The van der Waals surface area contributed by atoms with Gasteiger partial charge in [0.1, 0.15) is 0 Å². The first kappa shape index (κ1) is 9.88. The highest BCUT2D eigenvalue weighted by Gasteiger charge is 1.92. The molecule has 0 amide bonds. The molecule has 0 aliphatic heterocycles. The van der Waals surface area contributed by atoms with Crippen LogP contribution < -0.4 is 11.5 Å². The fourth-order valence-corrected chi connectivity index (χ4v) is 0.527. The summed E-state index contributed by atoms with van der Waals surface area (Å²) in [7, 11) is 1.94. The van der Waals surface area contributed by atoms with Crippen LogP contribution in [-0.2, 0) is 0 Å². The lowest BCUT2D eigenvalue weighted by Crippen LogP contribution is -2.22. The third-order valence-electron chi connectivity index (χ3n) is 1.43. The highest BCUT2D eigenvalue weighted by atomic mass is 15.2. The first-order chi connectivity index (χ1) is 5.07. The maximum absolute atomic E-state index is 5.66. The number of nitrogens with zero attached hydrogens (tertiary/aromatic N) is 1. The third kappa shape index (κ3) is 4.31. The van der Waals surface area contributed by atoms with Crippen molar-refractivity contribution in [1.82, 2.24) is 4.90 Å². The number of rotatable bonds is 3. The Kier molecular flexibility index (Phi) is 4.18. The lowest BCUT2D eigenvalue weighted by molar-refractivity contribution is 0.437. The van der Waals surface area contributed by atoms with Crippen molar-refractivity contribution in [3.8, 4) is 0 Å². The number of hydrogen-bond acceptors (Lipinski definition) is 3. The predicted molar refractivity (Wildman–Crippen MR) is 48.5 cm³/mol. The summed E-state index contributed by atoms with van der Waals surface area (Å²) in [5.74, 6) is 0.734. The van der Waals surface area contributed by atoms with E-state index < -0.39 is 0 Å². The second-order valence-electron chi connectivity index (χ2n) is 2.52. The highest BCUT2D eigenvalue weighted by molar-refractivity contribution is 5.11. The van der Waals surface area contributed by atoms with Gasteiger partial charge in [-0.15, -0.1) is 0 Å². The van der Waals surface area contributed by atoms with Crippen LogP contribution in [0, 0.1) is 0 Å². The van der Waals surface area contributed by atoms with E-state index in [0.29, 0.717) is 0 Å². The first-order valence-electron chi connectivity index (χ1n) is 3.68. The van der Waals surface area contributed by atoms with Crippen LogP contribution >= 0.6 is 0 Å². The van der Waals surface area contributed by atoms with Crippen molar-refractivity contribution in [2.24, 2.45) is 11.5 Å². The molecule has 0 aliphatic rings. The Morgan fingerprint density at radius 1 is 1.36 bits per heavy atom. The molecule has 0 atom stereocenters. The molecular formula is C8H17N3. The molecule has 0 aromatic rings. The maximum Gasteiger partial charge on any atom is 0.0984 e. The van der Waals surface area contributed by atoms with E-state index in [-0.39, 0.29) is 0 Å². The van der Waals surface area contributed by atoms with Crippen LogP contribution in [0.4, 0.5) is 0 Å². The molecule has 3 heteroatoms. The molecule has 0 bridgehead atoms. The monoisotopic (exact) mass is 155 g/mol. The zero-order valence-electron chi connectivity index (χ0n) is 7.46. The summed E-state index contributed by atoms with van der Waals surface area (Å²) in [4.78, 5) is 1.94. The van der Waals surface area contributed by atoms with Crippen molar-refractivity contribution in [3.63, 3.8) is 0 Å². The van der Waals surface area contributed by atoms with Crippen LogP contribution in [0.25, 0.3) is 0 Å². The second-order valence-corrected chi connectivity index (χ2v) is 2.52. The summed E-state index contributed by atoms with van der Waals surface area (Å²) in [6, 6.07) is 0. The molecule has 0 rings (SSSR count). The van der Waals surface area contributed by atoms with Crippen molar-refractivity contribution >= 4 is 0 Å². The van der Waals surface area contributed by atoms with Crippen molar-refractivity contribution in [3.05, 3.63) is 23.7 Å². The summed E-state index contributed by atoms with van der Waals surface area (Å²) in [5, 5.41) is 0. The van der Waals surface area contributed by atoms with Crippen LogP contribution in [0.2, 0.25) is 0 Å². The topological polar surface area (TPSA) is 55.3 Å². The lowest BCUT2D eigenvalue weighted by atomic mass is 10.4. The van der Waals surface area contributed by atoms with E-state index in [1.54, 1.807) is 12.2 Å². The van der Waals surface area contributed by atoms with Crippen molar-refractivity contribution in [2.45, 2.75) is 13.8 Å². The quantitative estimate of drug-likeness (QED) is 0.587. The van der Waals surface area contributed by atoms with Crippen molar-refractivity contribution in [2.75, 3.05) is 13.6 Å². The van der Waals surface area contributed by atoms with Crippen LogP contribution in [-0.4, -0.2) is 18.5 Å². The molecule has 0 saturated heterocycles. The molecule has 0 heterocycles. The van der Waals surface area contributed by atoms with Gasteiger partial charge in [0.2, 0.25) is 0 Å². The summed E-state index contributed by atoms with van der Waals surface area (Å²) >= 11 is 0. The van der Waals surface area contributed by atoms with E-state index in [2.05, 4.69) is 0 Å². The average molecular weight is 155 g/mol. The Labute approximate surface area is 68.4 Å². The Morgan fingerprint density at radius 2 is 1.91 bits per heavy atom. The summed E-state index contributed by atoms with van der Waals surface area (Å²) < 4.78 is 0. The normalized spacial score (nSPS) is 13.4. The molecule has 4 N–H and O–H groups in total. The minimum Gasteiger partial charge on any atom is -0.402 e. The van der Waals surface area contributed by atoms with Gasteiger partial charge in [-0.1, -0.05) is 0 Å². The summed E-state index contributed by atoms with van der Waals surface area (Å²) in [6.45, 7) is 4.77. The van der Waals surface area contributed by atoms with E-state index in [9.17, 15) is 0 Å². The molecule has 0 aromatic carbocycles. The van der Waals surface area contributed by atoms with Gasteiger partial charge in [0, 0.05) is 19.3 Å². The average Bonchev–Trinajstić information content (AvgIpc) is 1.98. The molecule has 11 heavy (non-hydrogen) atoms. The minimum atomic E-state index is 0.734. The van der Waals surface area contributed by atoms with Gasteiger partial charge in [0.15, 0.2) is 0 Å². The largest absolute Gasteiger partial charge is 0.402 e. The van der Waals surface area contributed by atoms with Crippen molar-refractivity contribution in [1.29, 1.82) is 0 Å². The molecule has 0 fully saturated rings. The Balaban J connectivity index is 4.11. The zero-order valence-corrected chi connectivity index (χ0v) is 7.46. The van der Waals surface area contributed by atoms with E-state index in [1.165, 1.54) is 0 Å². The molecule has 0 aromatic heterocycles. The predicted octanol–water partition coefficient (Wildman–Crippen LogP) is 0.601. The molecule has 64 valence electrons. The molecule has 0 spiro atoms. The van der Waals surface area contributed by atoms with Gasteiger partial charge in [0.05, 0.1) is 5.82 Å². The molecule has 0 unspecified atom stereocenters. The lowest BCUT2D eigenvalue weighted by Gasteiger charge is -2.15. The smallest absolute Gasteiger partial charge is 0.0984 e. The molecule has 0 saturated carbocycles. The minimum absolute atomic E-state index is 0.734. The highest BCUT2D eigenvalue weighted by Crippen LogP contribution is 1.93. The van der Waals surface area contributed by atoms with E-state index in [0.717, 1.165) is 18.1 Å². The van der Waals surface area contributed by atoms with Crippen LogP contribution in [0.15, 0.2) is 23.7 Å². The van der Waals surface area contributed by atoms with Gasteiger partial charge < -0.3 is 16.4 Å². The molecule has 3 nitrogen and oxygen atoms in total. The van der Waals surface area contributed by atoms with E-state index >= 15 is 0 Å². The van der Waals surface area contributed by atoms with Gasteiger partial charge in [-0.25, -0.2) is 0 Å². The van der Waals surface area contributed by atoms with Crippen LogP contribution in [0.5, 0.6) is 0 Å². The van der Waals surface area contributed by atoms with Gasteiger partial charge in [-0.2, -0.15) is 0 Å². The SMILES string of the molecule is CCN(C)/C(N)=C/C=C(/C)N. The van der Waals surface area contributed by atoms with Crippen molar-refractivity contribution < 1.29 is 0 Å². The number of nitrogens with two attached hydrogens (primary N) is 2. The molecular weight excluding hydrogens is 138 g/mol. The number of allylic oxidation sites excluding steroid dienone is 3. The maximum atomic E-state index is 5.66. The van der Waals surface area contributed by atoms with E-state index in [4.69, 9.17) is 11.5 Å². The third-order valence-corrected chi connectivity index (χ3v) is 1.43. The Morgan fingerprint density at radius 3 is 2.27 bits per heavy atom. The van der Waals surface area contributed by atoms with E-state index in [1.807, 2.05) is 25.8 Å². The molecule has 0 aliphatic carbocycles. The van der Waals surface area contributed by atoms with Crippen LogP contribution in [0.3, 0.4) is 0 Å². The first-order valence-corrected chi connectivity index (χ1v) is 3.68. The molecule has 0 radical (unpaired) electrons. The van der Waals surface area contributed by atoms with Gasteiger partial charge in [-0.3, -0.25) is 0 Å². The standard InChI is InChI=1S/C8H17N3/c1-4-11(3)8(10)6-5-7(2)9/h5-6H,4,9-10H2,1-3H3/b7-5-,8-6+. The van der Waals surface area contributed by atoms with Gasteiger partial charge in [0.25, 0.3) is 0 Å². The second kappa shape index (κ2) is 4.66. The summed E-state index contributed by atoms with van der Waals surface area (Å²) in [5.41, 5.74) is 11.8. The summed E-state index contributed by atoms with van der Waals surface area (Å²) in [6.07, 6.45) is 3.60. The fourth-order valence-electron chi connectivity index (χ4n) is 0.527. The van der Waals surface area contributed by atoms with Gasteiger partial charge >= 0.3 is 0 Å². The number of hydrogen-bond donors (Lipinski definition) is 2.